The van der Waals surface area contributed by atoms with Crippen molar-refractivity contribution < 1.29 is 22.8 Å². The Bertz CT molecular complexity index is 1420. The van der Waals surface area contributed by atoms with E-state index in [1.807, 2.05) is 36.4 Å². The van der Waals surface area contributed by atoms with E-state index in [0.717, 1.165) is 21.0 Å². The highest BCUT2D eigenvalue weighted by molar-refractivity contribution is 7.57. The average molecular weight is 586 g/mol. The first-order valence-corrected chi connectivity index (χ1v) is 16.2. The lowest BCUT2D eigenvalue weighted by Crippen LogP contribution is -2.67. The van der Waals surface area contributed by atoms with Crippen LogP contribution in [0.4, 0.5) is 0 Å². The highest BCUT2D eigenvalue weighted by Crippen LogP contribution is 2.48. The van der Waals surface area contributed by atoms with Crippen molar-refractivity contribution in [3.8, 4) is 0 Å². The summed E-state index contributed by atoms with van der Waals surface area (Å²) in [4.78, 5) is 38.6. The van der Waals surface area contributed by atoms with Crippen molar-refractivity contribution in [2.75, 3.05) is 20.8 Å². The van der Waals surface area contributed by atoms with Gasteiger partial charge < -0.3 is 18.8 Å². The summed E-state index contributed by atoms with van der Waals surface area (Å²) in [5.41, 5.74) is -1.27. The minimum atomic E-state index is -3.54. The maximum Gasteiger partial charge on any atom is 0.353 e. The Labute approximate surface area is 234 Å². The van der Waals surface area contributed by atoms with E-state index in [-0.39, 0.29) is 18.2 Å². The molecule has 1 aromatic heterocycles. The van der Waals surface area contributed by atoms with Gasteiger partial charge in [-0.2, -0.15) is 0 Å². The number of amides is 1. The number of benzene rings is 2. The third kappa shape index (κ3) is 7.44. The number of nitrogens with zero attached hydrogens (tertiary/aromatic N) is 1. The van der Waals surface area contributed by atoms with Crippen molar-refractivity contribution in [1.29, 1.82) is 0 Å². The van der Waals surface area contributed by atoms with E-state index in [1.165, 1.54) is 32.3 Å². The van der Waals surface area contributed by atoms with Crippen LogP contribution in [-0.4, -0.2) is 50.6 Å². The molecular weight excluding hydrogens is 549 g/mol. The molecule has 3 rings (SSSR count). The van der Waals surface area contributed by atoms with Crippen LogP contribution in [0.5, 0.6) is 0 Å². The van der Waals surface area contributed by atoms with Crippen molar-refractivity contribution in [2.45, 2.75) is 38.4 Å². The molecule has 0 aliphatic rings. The number of nitrogens with one attached hydrogen (secondary N) is 2. The van der Waals surface area contributed by atoms with E-state index in [0.29, 0.717) is 0 Å². The maximum absolute atomic E-state index is 13.0. The van der Waals surface area contributed by atoms with Gasteiger partial charge in [0.25, 0.3) is 13.9 Å². The van der Waals surface area contributed by atoms with Gasteiger partial charge in [0.05, 0.1) is 12.6 Å². The SMILES string of the molecule is COP(=O)(/C=C/C(CO[Si](c1ccccc1)(c1ccccc1)C(C)(C)C)NC(=O)Cn1ccc(=O)[nH]c1=O)OC. The lowest BCUT2D eigenvalue weighted by atomic mass is 10.2. The summed E-state index contributed by atoms with van der Waals surface area (Å²) in [7, 11) is -3.96. The fraction of sp³-hybridized carbons (Fsp3) is 0.321. The van der Waals surface area contributed by atoms with Crippen molar-refractivity contribution >= 4 is 32.2 Å². The van der Waals surface area contributed by atoms with Gasteiger partial charge in [0.1, 0.15) is 6.54 Å². The van der Waals surface area contributed by atoms with E-state index in [1.54, 1.807) is 0 Å². The zero-order valence-corrected chi connectivity index (χ0v) is 25.2. The Balaban J connectivity index is 2.00. The smallest absolute Gasteiger partial charge is 0.353 e. The molecule has 0 saturated heterocycles. The van der Waals surface area contributed by atoms with Crippen LogP contribution in [0.1, 0.15) is 20.8 Å². The Hall–Kier alpha value is -3.34. The summed E-state index contributed by atoms with van der Waals surface area (Å²) in [6, 6.07) is 20.4. The monoisotopic (exact) mass is 585 g/mol. The van der Waals surface area contributed by atoms with Crippen LogP contribution in [0.15, 0.2) is 94.4 Å². The number of rotatable bonds is 12. The fourth-order valence-electron chi connectivity index (χ4n) is 4.50. The number of hydrogen-bond donors (Lipinski definition) is 2. The molecule has 0 aliphatic heterocycles. The molecule has 0 radical (unpaired) electrons. The number of hydrogen-bond acceptors (Lipinski definition) is 7. The van der Waals surface area contributed by atoms with Crippen LogP contribution in [0.2, 0.25) is 5.04 Å². The first-order valence-electron chi connectivity index (χ1n) is 12.7. The largest absolute Gasteiger partial charge is 0.405 e. The second kappa shape index (κ2) is 13.3. The predicted octanol–water partition coefficient (Wildman–Crippen LogP) is 2.60. The molecule has 0 fully saturated rings. The highest BCUT2D eigenvalue weighted by Gasteiger charge is 2.50. The lowest BCUT2D eigenvalue weighted by Gasteiger charge is -2.43. The summed E-state index contributed by atoms with van der Waals surface area (Å²) in [6.45, 7) is 6.09. The molecule has 1 atom stereocenters. The molecule has 10 nitrogen and oxygen atoms in total. The zero-order valence-electron chi connectivity index (χ0n) is 23.3. The summed E-state index contributed by atoms with van der Waals surface area (Å²) >= 11 is 0. The minimum Gasteiger partial charge on any atom is -0.405 e. The third-order valence-electron chi connectivity index (χ3n) is 6.46. The van der Waals surface area contributed by atoms with Crippen molar-refractivity contribution in [3.63, 3.8) is 0 Å². The zero-order chi connectivity index (χ0) is 29.4. The molecule has 0 bridgehead atoms. The van der Waals surface area contributed by atoms with Crippen LogP contribution in [0.25, 0.3) is 0 Å². The normalized spacial score (nSPS) is 13.3. The van der Waals surface area contributed by atoms with Gasteiger partial charge >= 0.3 is 13.3 Å². The number of carbonyl (C=O) groups excluding carboxylic acids is 1. The van der Waals surface area contributed by atoms with Gasteiger partial charge in [-0.3, -0.25) is 23.7 Å². The van der Waals surface area contributed by atoms with Crippen LogP contribution < -0.4 is 26.9 Å². The lowest BCUT2D eigenvalue weighted by molar-refractivity contribution is -0.122. The van der Waals surface area contributed by atoms with Gasteiger partial charge in [-0.1, -0.05) is 87.5 Å². The summed E-state index contributed by atoms with van der Waals surface area (Å²) in [5, 5.41) is 4.64. The van der Waals surface area contributed by atoms with E-state index in [9.17, 15) is 18.9 Å². The second-order valence-corrected chi connectivity index (χ2v) is 16.5. The summed E-state index contributed by atoms with van der Waals surface area (Å²) in [6.07, 6.45) is 2.76. The van der Waals surface area contributed by atoms with Gasteiger partial charge in [0.15, 0.2) is 0 Å². The molecule has 1 unspecified atom stereocenters. The number of H-pyrrole nitrogens is 1. The number of aromatic nitrogens is 2. The van der Waals surface area contributed by atoms with Crippen LogP contribution in [0, 0.1) is 0 Å². The van der Waals surface area contributed by atoms with Crippen LogP contribution in [0.3, 0.4) is 0 Å². The molecule has 2 N–H and O–H groups in total. The Kier molecular flexibility index (Phi) is 10.4. The quantitative estimate of drug-likeness (QED) is 0.247. The third-order valence-corrected chi connectivity index (χ3v) is 13.0. The number of aromatic amines is 1. The van der Waals surface area contributed by atoms with Gasteiger partial charge in [-0.15, -0.1) is 0 Å². The van der Waals surface area contributed by atoms with Crippen LogP contribution in [-0.2, 0) is 29.4 Å². The topological polar surface area (TPSA) is 129 Å². The predicted molar refractivity (Wildman–Crippen MR) is 158 cm³/mol. The second-order valence-electron chi connectivity index (χ2n) is 10.1. The van der Waals surface area contributed by atoms with Gasteiger partial charge in [0.2, 0.25) is 5.91 Å². The Morgan fingerprint density at radius 2 is 1.55 bits per heavy atom. The van der Waals surface area contributed by atoms with Crippen molar-refractivity contribution in [3.05, 3.63) is 106 Å². The number of carbonyl (C=O) groups is 1. The van der Waals surface area contributed by atoms with Gasteiger partial charge in [0, 0.05) is 32.3 Å². The Morgan fingerprint density at radius 1 is 1.00 bits per heavy atom. The average Bonchev–Trinajstić information content (AvgIpc) is 2.93. The highest BCUT2D eigenvalue weighted by atomic mass is 31.2. The van der Waals surface area contributed by atoms with Crippen LogP contribution >= 0.6 is 7.60 Å². The van der Waals surface area contributed by atoms with Crippen molar-refractivity contribution in [2.24, 2.45) is 0 Å². The molecule has 40 heavy (non-hydrogen) atoms. The summed E-state index contributed by atoms with van der Waals surface area (Å²) in [5.74, 6) is 0.762. The molecule has 0 spiro atoms. The molecular formula is C28H36N3O7PSi. The standard InChI is InChI=1S/C28H36N3O7PSi/c1-28(2,3)40(23-12-8-6-9-13-23,24-14-10-7-11-15-24)38-21-22(17-19-39(35,36-4)37-5)29-26(33)20-31-18-16-25(32)30-27(31)34/h6-19,22H,20-21H2,1-5H3,(H,29,33)(H,30,32,34)/b19-17+. The molecule has 1 heterocycles. The fourth-order valence-corrected chi connectivity index (χ4v) is 9.90. The molecule has 12 heteroatoms. The molecule has 0 aliphatic carbocycles. The Morgan fingerprint density at radius 3 is 2.02 bits per heavy atom. The molecule has 2 aromatic carbocycles. The first kappa shape index (κ1) is 31.2. The van der Waals surface area contributed by atoms with Gasteiger partial charge in [-0.05, 0) is 15.4 Å². The first-order chi connectivity index (χ1) is 18.9. The molecule has 3 aromatic rings. The van der Waals surface area contributed by atoms with E-state index < -0.39 is 39.1 Å². The molecule has 1 amide bonds. The van der Waals surface area contributed by atoms with E-state index in [4.69, 9.17) is 13.5 Å². The maximum atomic E-state index is 13.0. The molecule has 0 saturated carbocycles. The van der Waals surface area contributed by atoms with E-state index in [2.05, 4.69) is 55.3 Å². The van der Waals surface area contributed by atoms with E-state index >= 15 is 0 Å². The van der Waals surface area contributed by atoms with Crippen molar-refractivity contribution in [1.82, 2.24) is 14.9 Å². The molecule has 214 valence electrons. The summed E-state index contributed by atoms with van der Waals surface area (Å²) < 4.78 is 30.8. The minimum absolute atomic E-state index is 0.0312. The van der Waals surface area contributed by atoms with Gasteiger partial charge in [-0.25, -0.2) is 4.79 Å².